The average molecular weight is 577 g/mol. The fourth-order valence-corrected chi connectivity index (χ4v) is 5.16. The number of benzene rings is 3. The SMILES string of the molecule is CCCCCOc1ccc(C2C(=C(O)c3ccc(OCc4ccccc4C)cc3)C(=O)C(=O)N2Cc2ccncc2)cc1. The van der Waals surface area contributed by atoms with Crippen molar-refractivity contribution in [3.63, 3.8) is 0 Å². The standard InChI is InChI=1S/C36H36N2O5/c1-3-4-7-22-42-30-14-10-27(11-15-30)33-32(35(40)36(41)38(33)23-26-18-20-37-21-19-26)34(39)28-12-16-31(17-13-28)43-24-29-9-6-5-8-25(29)2/h5-6,8-21,33,39H,3-4,7,22-24H2,1-2H3. The number of ether oxygens (including phenoxy) is 2. The summed E-state index contributed by atoms with van der Waals surface area (Å²) in [6, 6.07) is 25.1. The number of likely N-dealkylation sites (tertiary alicyclic amines) is 1. The number of carbonyl (C=O) groups is 2. The van der Waals surface area contributed by atoms with Crippen molar-refractivity contribution in [2.75, 3.05) is 6.61 Å². The zero-order chi connectivity index (χ0) is 30.2. The highest BCUT2D eigenvalue weighted by atomic mass is 16.5. The lowest BCUT2D eigenvalue weighted by atomic mass is 9.95. The Morgan fingerprint density at radius 3 is 2.23 bits per heavy atom. The summed E-state index contributed by atoms with van der Waals surface area (Å²) in [4.78, 5) is 32.4. The van der Waals surface area contributed by atoms with Crippen molar-refractivity contribution in [2.45, 2.75) is 52.3 Å². The smallest absolute Gasteiger partial charge is 0.295 e. The van der Waals surface area contributed by atoms with Gasteiger partial charge in [-0.25, -0.2) is 0 Å². The number of rotatable bonds is 12. The summed E-state index contributed by atoms with van der Waals surface area (Å²) >= 11 is 0. The number of ketones is 1. The van der Waals surface area contributed by atoms with Gasteiger partial charge in [-0.15, -0.1) is 0 Å². The Hall–Kier alpha value is -4.91. The van der Waals surface area contributed by atoms with Crippen molar-refractivity contribution < 1.29 is 24.2 Å². The Bertz CT molecular complexity index is 1580. The lowest BCUT2D eigenvalue weighted by molar-refractivity contribution is -0.140. The molecule has 43 heavy (non-hydrogen) atoms. The van der Waals surface area contributed by atoms with Crippen LogP contribution in [0.15, 0.2) is 103 Å². The molecular formula is C36H36N2O5. The van der Waals surface area contributed by atoms with E-state index in [1.807, 2.05) is 55.5 Å². The van der Waals surface area contributed by atoms with Crippen molar-refractivity contribution >= 4 is 17.4 Å². The summed E-state index contributed by atoms with van der Waals surface area (Å²) in [6.07, 6.45) is 6.48. The third-order valence-corrected chi connectivity index (χ3v) is 7.64. The maximum absolute atomic E-state index is 13.5. The van der Waals surface area contributed by atoms with Crippen molar-refractivity contribution in [3.05, 3.63) is 131 Å². The minimum absolute atomic E-state index is 0.0456. The molecule has 7 nitrogen and oxygen atoms in total. The van der Waals surface area contributed by atoms with Gasteiger partial charge in [0.1, 0.15) is 23.9 Å². The highest BCUT2D eigenvalue weighted by molar-refractivity contribution is 6.46. The van der Waals surface area contributed by atoms with Gasteiger partial charge in [-0.05, 0) is 84.1 Å². The molecule has 1 aliphatic rings. The molecule has 1 aromatic heterocycles. The molecule has 1 fully saturated rings. The van der Waals surface area contributed by atoms with E-state index in [-0.39, 0.29) is 17.9 Å². The zero-order valence-electron chi connectivity index (χ0n) is 24.5. The molecule has 1 N–H and O–H groups in total. The summed E-state index contributed by atoms with van der Waals surface area (Å²) in [5, 5.41) is 11.5. The first kappa shape index (κ1) is 29.6. The Morgan fingerprint density at radius 1 is 0.860 bits per heavy atom. The second-order valence-electron chi connectivity index (χ2n) is 10.6. The third kappa shape index (κ3) is 6.95. The first-order valence-corrected chi connectivity index (χ1v) is 14.6. The van der Waals surface area contributed by atoms with Crippen LogP contribution in [0.25, 0.3) is 5.76 Å². The minimum Gasteiger partial charge on any atom is -0.507 e. The Kier molecular flexibility index (Phi) is 9.52. The van der Waals surface area contributed by atoms with Gasteiger partial charge in [0, 0.05) is 24.5 Å². The molecule has 5 rings (SSSR count). The van der Waals surface area contributed by atoms with Gasteiger partial charge < -0.3 is 19.5 Å². The monoisotopic (exact) mass is 576 g/mol. The number of amides is 1. The summed E-state index contributed by atoms with van der Waals surface area (Å²) in [6.45, 7) is 5.41. The summed E-state index contributed by atoms with van der Waals surface area (Å²) in [5.74, 6) is -0.278. The van der Waals surface area contributed by atoms with Gasteiger partial charge in [0.2, 0.25) is 0 Å². The molecule has 0 bridgehead atoms. The first-order chi connectivity index (χ1) is 21.0. The molecule has 3 aromatic carbocycles. The maximum Gasteiger partial charge on any atom is 0.295 e. The lowest BCUT2D eigenvalue weighted by Crippen LogP contribution is -2.29. The second kappa shape index (κ2) is 13.8. The van der Waals surface area contributed by atoms with Crippen molar-refractivity contribution in [3.8, 4) is 11.5 Å². The minimum atomic E-state index is -0.778. The normalized spacial score (nSPS) is 16.0. The van der Waals surface area contributed by atoms with Gasteiger partial charge in [0.25, 0.3) is 11.7 Å². The molecule has 2 heterocycles. The number of aromatic nitrogens is 1. The largest absolute Gasteiger partial charge is 0.507 e. The highest BCUT2D eigenvalue weighted by Crippen LogP contribution is 2.41. The number of carbonyl (C=O) groups excluding carboxylic acids is 2. The van der Waals surface area contributed by atoms with E-state index >= 15 is 0 Å². The van der Waals surface area contributed by atoms with Gasteiger partial charge in [-0.2, -0.15) is 0 Å². The van der Waals surface area contributed by atoms with Crippen LogP contribution in [0.2, 0.25) is 0 Å². The van der Waals surface area contributed by atoms with Crippen LogP contribution >= 0.6 is 0 Å². The Balaban J connectivity index is 1.44. The van der Waals surface area contributed by atoms with E-state index in [0.717, 1.165) is 36.0 Å². The van der Waals surface area contributed by atoms with Crippen molar-refractivity contribution in [1.82, 2.24) is 9.88 Å². The number of hydrogen-bond acceptors (Lipinski definition) is 6. The van der Waals surface area contributed by atoms with Crippen LogP contribution in [-0.4, -0.2) is 33.3 Å². The highest BCUT2D eigenvalue weighted by Gasteiger charge is 2.46. The van der Waals surface area contributed by atoms with E-state index in [1.165, 1.54) is 4.90 Å². The van der Waals surface area contributed by atoms with Gasteiger partial charge in [0.15, 0.2) is 0 Å². The van der Waals surface area contributed by atoms with Gasteiger partial charge >= 0.3 is 0 Å². The quantitative estimate of drug-likeness (QED) is 0.0833. The molecule has 4 aromatic rings. The van der Waals surface area contributed by atoms with Gasteiger partial charge in [-0.1, -0.05) is 56.2 Å². The molecule has 1 saturated heterocycles. The van der Waals surface area contributed by atoms with Crippen molar-refractivity contribution in [1.29, 1.82) is 0 Å². The molecule has 1 amide bonds. The molecule has 0 saturated carbocycles. The van der Waals surface area contributed by atoms with E-state index in [0.29, 0.717) is 35.8 Å². The van der Waals surface area contributed by atoms with E-state index in [1.54, 1.807) is 48.8 Å². The number of aryl methyl sites for hydroxylation is 1. The molecule has 0 spiro atoms. The number of pyridine rings is 1. The molecule has 1 atom stereocenters. The fraction of sp³-hybridized carbons (Fsp3) is 0.250. The summed E-state index contributed by atoms with van der Waals surface area (Å²) in [5.41, 5.74) is 4.22. The van der Waals surface area contributed by atoms with Crippen LogP contribution in [0.3, 0.4) is 0 Å². The van der Waals surface area contributed by atoms with Crippen LogP contribution in [-0.2, 0) is 22.7 Å². The Morgan fingerprint density at radius 2 is 1.53 bits per heavy atom. The number of aliphatic hydroxyl groups excluding tert-OH is 1. The van der Waals surface area contributed by atoms with Gasteiger partial charge in [-0.3, -0.25) is 14.6 Å². The molecule has 1 unspecified atom stereocenters. The van der Waals surface area contributed by atoms with Crippen LogP contribution in [0.4, 0.5) is 0 Å². The van der Waals surface area contributed by atoms with E-state index in [4.69, 9.17) is 9.47 Å². The molecule has 7 heteroatoms. The molecular weight excluding hydrogens is 540 g/mol. The van der Waals surface area contributed by atoms with E-state index in [2.05, 4.69) is 11.9 Å². The molecule has 1 aliphatic heterocycles. The number of Topliss-reactive ketones (excluding diaryl/α,β-unsaturated/α-hetero) is 1. The summed E-state index contributed by atoms with van der Waals surface area (Å²) < 4.78 is 11.8. The zero-order valence-corrected chi connectivity index (χ0v) is 24.5. The van der Waals surface area contributed by atoms with E-state index in [9.17, 15) is 14.7 Å². The van der Waals surface area contributed by atoms with Crippen LogP contribution in [0.1, 0.15) is 60.0 Å². The number of nitrogens with zero attached hydrogens (tertiary/aromatic N) is 2. The lowest BCUT2D eigenvalue weighted by Gasteiger charge is -2.25. The predicted molar refractivity (Wildman–Crippen MR) is 165 cm³/mol. The number of hydrogen-bond donors (Lipinski definition) is 1. The number of aliphatic hydroxyl groups is 1. The van der Waals surface area contributed by atoms with E-state index < -0.39 is 17.7 Å². The van der Waals surface area contributed by atoms with Crippen LogP contribution in [0.5, 0.6) is 11.5 Å². The fourth-order valence-electron chi connectivity index (χ4n) is 5.16. The first-order valence-electron chi connectivity index (χ1n) is 14.6. The van der Waals surface area contributed by atoms with Gasteiger partial charge in [0.05, 0.1) is 18.2 Å². The topological polar surface area (TPSA) is 89.0 Å². The van der Waals surface area contributed by atoms with Crippen molar-refractivity contribution in [2.24, 2.45) is 0 Å². The van der Waals surface area contributed by atoms with Crippen LogP contribution in [0, 0.1) is 6.92 Å². The summed E-state index contributed by atoms with van der Waals surface area (Å²) in [7, 11) is 0. The maximum atomic E-state index is 13.5. The Labute approximate surface area is 252 Å². The third-order valence-electron chi connectivity index (χ3n) is 7.64. The predicted octanol–water partition coefficient (Wildman–Crippen LogP) is 7.16. The second-order valence-corrected chi connectivity index (χ2v) is 10.6. The van der Waals surface area contributed by atoms with Crippen LogP contribution < -0.4 is 9.47 Å². The average Bonchev–Trinajstić information content (AvgIpc) is 3.28. The molecule has 0 aliphatic carbocycles. The molecule has 220 valence electrons. The molecule has 0 radical (unpaired) electrons. The number of unbranched alkanes of at least 4 members (excludes halogenated alkanes) is 2.